The van der Waals surface area contributed by atoms with E-state index in [4.69, 9.17) is 0 Å². The monoisotopic (exact) mass is 412 g/mol. The third-order valence-electron chi connectivity index (χ3n) is 6.38. The highest BCUT2D eigenvalue weighted by atomic mass is 32.1. The van der Waals surface area contributed by atoms with Crippen LogP contribution in [0.5, 0.6) is 0 Å². The van der Waals surface area contributed by atoms with E-state index in [2.05, 4.69) is 22.3 Å². The van der Waals surface area contributed by atoms with Crippen LogP contribution in [0.2, 0.25) is 0 Å². The van der Waals surface area contributed by atoms with Gasteiger partial charge in [-0.15, -0.1) is 11.3 Å². The number of nitrogens with one attached hydrogen (secondary N) is 1. The topological polar surface area (TPSA) is 49.4 Å². The molecule has 4 rings (SSSR count). The maximum Gasteiger partial charge on any atom is 0.261 e. The quantitative estimate of drug-likeness (QED) is 0.738. The largest absolute Gasteiger partial charge is 0.349 e. The van der Waals surface area contributed by atoms with Crippen LogP contribution in [-0.4, -0.2) is 35.3 Å². The van der Waals surface area contributed by atoms with Crippen molar-refractivity contribution in [3.05, 3.63) is 34.7 Å². The van der Waals surface area contributed by atoms with Crippen molar-refractivity contribution in [2.45, 2.75) is 77.3 Å². The van der Waals surface area contributed by atoms with Crippen LogP contribution in [0.25, 0.3) is 10.1 Å². The first-order chi connectivity index (χ1) is 14.0. The van der Waals surface area contributed by atoms with Crippen LogP contribution < -0.4 is 5.32 Å². The zero-order valence-corrected chi connectivity index (χ0v) is 18.4. The lowest BCUT2D eigenvalue weighted by atomic mass is 9.92. The number of carbonyl (C=O) groups is 2. The number of likely N-dealkylation sites (tertiary alicyclic amines) is 1. The summed E-state index contributed by atoms with van der Waals surface area (Å²) < 4.78 is 1.15. The number of thiophene rings is 1. The summed E-state index contributed by atoms with van der Waals surface area (Å²) >= 11 is 1.58. The number of hydrogen-bond donors (Lipinski definition) is 1. The number of rotatable bonds is 5. The fraction of sp³-hybridized carbons (Fsp3) is 0.583. The highest BCUT2D eigenvalue weighted by molar-refractivity contribution is 7.21. The summed E-state index contributed by atoms with van der Waals surface area (Å²) in [5.41, 5.74) is 1.12. The number of carbonyl (C=O) groups excluding carboxylic acids is 2. The van der Waals surface area contributed by atoms with Crippen molar-refractivity contribution < 1.29 is 9.59 Å². The summed E-state index contributed by atoms with van der Waals surface area (Å²) in [6.45, 7) is 4.86. The number of piperidine rings is 1. The van der Waals surface area contributed by atoms with Crippen molar-refractivity contribution in [3.8, 4) is 0 Å². The molecule has 1 aromatic heterocycles. The maximum absolute atomic E-state index is 13.2. The van der Waals surface area contributed by atoms with E-state index in [9.17, 15) is 9.59 Å². The second-order valence-corrected chi connectivity index (χ2v) is 9.95. The van der Waals surface area contributed by atoms with Gasteiger partial charge in [0.25, 0.3) is 5.91 Å². The maximum atomic E-state index is 13.2. The Bertz CT molecular complexity index is 882. The van der Waals surface area contributed by atoms with Gasteiger partial charge in [-0.05, 0) is 69.4 Å². The minimum atomic E-state index is 0.0145. The molecule has 1 saturated heterocycles. The Hall–Kier alpha value is -1.88. The van der Waals surface area contributed by atoms with E-state index in [1.54, 1.807) is 11.3 Å². The van der Waals surface area contributed by atoms with Crippen LogP contribution in [0.1, 0.15) is 74.0 Å². The molecule has 2 amide bonds. The molecule has 0 spiro atoms. The van der Waals surface area contributed by atoms with Gasteiger partial charge in [0, 0.05) is 29.2 Å². The van der Waals surface area contributed by atoms with Gasteiger partial charge in [-0.3, -0.25) is 9.59 Å². The molecule has 5 heteroatoms. The third kappa shape index (κ3) is 4.35. The molecular weight excluding hydrogens is 380 g/mol. The molecule has 1 N–H and O–H groups in total. The standard InChI is InChI=1S/C24H32N2O2S/c1-16(2)25-23(27)22-20(19-12-5-6-13-21(19)29-22)15-18-11-7-8-14-26(18)24(28)17-9-3-4-10-17/h5-6,12-13,16-18H,3-4,7-11,14-15H2,1-2H3,(H,25,27)/t18-/m0/s1. The Balaban J connectivity index is 1.64. The highest BCUT2D eigenvalue weighted by Crippen LogP contribution is 2.35. The van der Waals surface area contributed by atoms with Gasteiger partial charge in [-0.25, -0.2) is 0 Å². The second kappa shape index (κ2) is 8.86. The summed E-state index contributed by atoms with van der Waals surface area (Å²) in [6.07, 6.45) is 8.54. The molecule has 1 aliphatic heterocycles. The van der Waals surface area contributed by atoms with Gasteiger partial charge in [-0.1, -0.05) is 31.0 Å². The van der Waals surface area contributed by atoms with Gasteiger partial charge in [0.05, 0.1) is 4.88 Å². The average molecular weight is 413 g/mol. The first kappa shape index (κ1) is 20.4. The number of benzene rings is 1. The molecule has 1 saturated carbocycles. The second-order valence-electron chi connectivity index (χ2n) is 8.90. The van der Waals surface area contributed by atoms with Crippen LogP contribution in [-0.2, 0) is 11.2 Å². The molecule has 0 radical (unpaired) electrons. The Morgan fingerprint density at radius 3 is 2.59 bits per heavy atom. The van der Waals surface area contributed by atoms with Crippen molar-refractivity contribution in [3.63, 3.8) is 0 Å². The molecular formula is C24H32N2O2S. The Kier molecular flexibility index (Phi) is 6.23. The molecule has 29 heavy (non-hydrogen) atoms. The summed E-state index contributed by atoms with van der Waals surface area (Å²) in [7, 11) is 0. The van der Waals surface area contributed by atoms with Crippen molar-refractivity contribution in [1.82, 2.24) is 10.2 Å². The first-order valence-corrected chi connectivity index (χ1v) is 12.0. The predicted molar refractivity (Wildman–Crippen MR) is 119 cm³/mol. The summed E-state index contributed by atoms with van der Waals surface area (Å²) in [4.78, 5) is 29.1. The van der Waals surface area contributed by atoms with Crippen molar-refractivity contribution in [2.75, 3.05) is 6.54 Å². The Morgan fingerprint density at radius 2 is 1.83 bits per heavy atom. The fourth-order valence-electron chi connectivity index (χ4n) is 4.96. The summed E-state index contributed by atoms with van der Waals surface area (Å²) in [5, 5.41) is 4.24. The van der Waals surface area contributed by atoms with E-state index >= 15 is 0 Å². The minimum absolute atomic E-state index is 0.0145. The van der Waals surface area contributed by atoms with Crippen molar-refractivity contribution in [2.24, 2.45) is 5.92 Å². The van der Waals surface area contributed by atoms with Gasteiger partial charge >= 0.3 is 0 Å². The summed E-state index contributed by atoms with van der Waals surface area (Å²) in [6, 6.07) is 8.61. The van der Waals surface area contributed by atoms with E-state index in [0.29, 0.717) is 5.91 Å². The van der Waals surface area contributed by atoms with Crippen LogP contribution >= 0.6 is 11.3 Å². The molecule has 2 aromatic rings. The average Bonchev–Trinajstić information content (AvgIpc) is 3.36. The van der Waals surface area contributed by atoms with Crippen LogP contribution in [0.3, 0.4) is 0 Å². The normalized spacial score (nSPS) is 20.5. The SMILES string of the molecule is CC(C)NC(=O)c1sc2ccccc2c1C[C@@H]1CCCCN1C(=O)C1CCCC1. The van der Waals surface area contributed by atoms with Crippen LogP contribution in [0.4, 0.5) is 0 Å². The molecule has 4 nitrogen and oxygen atoms in total. The predicted octanol–water partition coefficient (Wildman–Crippen LogP) is 5.15. The number of fused-ring (bicyclic) bond motifs is 1. The zero-order valence-electron chi connectivity index (χ0n) is 17.6. The van der Waals surface area contributed by atoms with E-state index < -0.39 is 0 Å². The number of nitrogens with zero attached hydrogens (tertiary/aromatic N) is 1. The Morgan fingerprint density at radius 1 is 1.10 bits per heavy atom. The molecule has 1 aliphatic carbocycles. The molecule has 1 atom stereocenters. The molecule has 0 unspecified atom stereocenters. The molecule has 2 heterocycles. The lowest BCUT2D eigenvalue weighted by Gasteiger charge is -2.37. The van der Waals surface area contributed by atoms with Gasteiger partial charge in [-0.2, -0.15) is 0 Å². The van der Waals surface area contributed by atoms with E-state index in [-0.39, 0.29) is 23.9 Å². The highest BCUT2D eigenvalue weighted by Gasteiger charge is 2.34. The molecule has 156 valence electrons. The molecule has 0 bridgehead atoms. The minimum Gasteiger partial charge on any atom is -0.349 e. The zero-order chi connectivity index (χ0) is 20.4. The third-order valence-corrected chi connectivity index (χ3v) is 7.59. The first-order valence-electron chi connectivity index (χ1n) is 11.2. The van der Waals surface area contributed by atoms with Gasteiger partial charge in [0.2, 0.25) is 5.91 Å². The molecule has 2 fully saturated rings. The fourth-order valence-corrected chi connectivity index (χ4v) is 6.09. The van der Waals surface area contributed by atoms with Gasteiger partial charge < -0.3 is 10.2 Å². The van der Waals surface area contributed by atoms with E-state index in [1.807, 2.05) is 26.0 Å². The lowest BCUT2D eigenvalue weighted by Crippen LogP contribution is -2.47. The van der Waals surface area contributed by atoms with E-state index in [0.717, 1.165) is 60.2 Å². The summed E-state index contributed by atoms with van der Waals surface area (Å²) in [5.74, 6) is 0.596. The van der Waals surface area contributed by atoms with Gasteiger partial charge in [0.15, 0.2) is 0 Å². The molecule has 2 aliphatic rings. The van der Waals surface area contributed by atoms with Crippen LogP contribution in [0, 0.1) is 5.92 Å². The van der Waals surface area contributed by atoms with E-state index in [1.165, 1.54) is 18.2 Å². The number of amides is 2. The van der Waals surface area contributed by atoms with Crippen LogP contribution in [0.15, 0.2) is 24.3 Å². The lowest BCUT2D eigenvalue weighted by molar-refractivity contribution is -0.139. The van der Waals surface area contributed by atoms with Gasteiger partial charge in [0.1, 0.15) is 0 Å². The Labute approximate surface area is 177 Å². The number of hydrogen-bond acceptors (Lipinski definition) is 3. The molecule has 1 aromatic carbocycles. The van der Waals surface area contributed by atoms with Crippen molar-refractivity contribution >= 4 is 33.2 Å². The van der Waals surface area contributed by atoms with Crippen molar-refractivity contribution in [1.29, 1.82) is 0 Å². The smallest absolute Gasteiger partial charge is 0.261 e.